The van der Waals surface area contributed by atoms with Gasteiger partial charge in [-0.3, -0.25) is 0 Å². The fraction of sp³-hybridized carbons (Fsp3) is 0.303. The summed E-state index contributed by atoms with van der Waals surface area (Å²) in [6.07, 6.45) is 7.15. The standard InChI is InChI=1S/C33H33N3O4S/c37-32(38)26-13-11-25(12-14-26)21-36(20-24-9-5-2-6-10-24)33-35-29(22-41-33)31-34-28-16-15-27(19-30(28)40-31)39-18-17-23-7-3-1-4-8-23/h1,3-4,7-8,11-16,19,22,24H,2,5-6,9-10,17-18,20-21H2,(H,37,38). The first kappa shape index (κ1) is 27.0. The summed E-state index contributed by atoms with van der Waals surface area (Å²) in [7, 11) is 0. The second-order valence-electron chi connectivity index (χ2n) is 10.6. The third-order valence-electron chi connectivity index (χ3n) is 7.62. The third kappa shape index (κ3) is 6.77. The number of fused-ring (bicyclic) bond motifs is 1. The van der Waals surface area contributed by atoms with Crippen LogP contribution in [0, 0.1) is 5.92 Å². The van der Waals surface area contributed by atoms with Crippen LogP contribution in [0.4, 0.5) is 5.13 Å². The van der Waals surface area contributed by atoms with Crippen molar-refractivity contribution < 1.29 is 19.1 Å². The van der Waals surface area contributed by atoms with E-state index in [1.807, 2.05) is 53.9 Å². The Kier molecular flexibility index (Phi) is 8.28. The molecule has 0 spiro atoms. The van der Waals surface area contributed by atoms with Crippen LogP contribution in [-0.4, -0.2) is 34.2 Å². The van der Waals surface area contributed by atoms with Gasteiger partial charge in [-0.25, -0.2) is 14.8 Å². The number of ether oxygens (including phenoxy) is 1. The lowest BCUT2D eigenvalue weighted by Gasteiger charge is -2.29. The fourth-order valence-corrected chi connectivity index (χ4v) is 6.22. The topological polar surface area (TPSA) is 88.7 Å². The number of carboxylic acid groups (broad SMARTS) is 1. The van der Waals surface area contributed by atoms with Crippen LogP contribution in [0.25, 0.3) is 22.7 Å². The van der Waals surface area contributed by atoms with E-state index in [2.05, 4.69) is 17.0 Å². The largest absolute Gasteiger partial charge is 0.493 e. The molecule has 5 aromatic rings. The molecule has 7 nitrogen and oxygen atoms in total. The molecule has 0 radical (unpaired) electrons. The van der Waals surface area contributed by atoms with Gasteiger partial charge in [-0.2, -0.15) is 0 Å². The summed E-state index contributed by atoms with van der Waals surface area (Å²) in [4.78, 5) is 23.3. The van der Waals surface area contributed by atoms with Gasteiger partial charge in [0.05, 0.1) is 12.2 Å². The molecule has 1 aliphatic rings. The van der Waals surface area contributed by atoms with Crippen molar-refractivity contribution in [1.82, 2.24) is 9.97 Å². The number of aromatic nitrogens is 2. The van der Waals surface area contributed by atoms with Crippen LogP contribution in [-0.2, 0) is 13.0 Å². The summed E-state index contributed by atoms with van der Waals surface area (Å²) in [6.45, 7) is 2.17. The molecule has 2 aromatic heterocycles. The van der Waals surface area contributed by atoms with Crippen molar-refractivity contribution in [1.29, 1.82) is 0 Å². The highest BCUT2D eigenvalue weighted by atomic mass is 32.1. The van der Waals surface area contributed by atoms with Crippen LogP contribution in [0.15, 0.2) is 82.6 Å². The Hall–Kier alpha value is -4.17. The summed E-state index contributed by atoms with van der Waals surface area (Å²) < 4.78 is 12.1. The molecule has 1 fully saturated rings. The monoisotopic (exact) mass is 567 g/mol. The molecule has 0 bridgehead atoms. The van der Waals surface area contributed by atoms with Crippen LogP contribution in [0.5, 0.6) is 5.75 Å². The zero-order valence-electron chi connectivity index (χ0n) is 22.9. The molecule has 8 heteroatoms. The summed E-state index contributed by atoms with van der Waals surface area (Å²) in [5.41, 5.74) is 4.74. The lowest BCUT2D eigenvalue weighted by Crippen LogP contribution is -2.30. The minimum atomic E-state index is -0.913. The predicted molar refractivity (Wildman–Crippen MR) is 162 cm³/mol. The lowest BCUT2D eigenvalue weighted by molar-refractivity contribution is 0.0697. The highest BCUT2D eigenvalue weighted by Crippen LogP contribution is 2.33. The number of oxazole rings is 1. The second kappa shape index (κ2) is 12.6. The number of carboxylic acids is 1. The number of thiazole rings is 1. The van der Waals surface area contributed by atoms with E-state index in [9.17, 15) is 9.90 Å². The van der Waals surface area contributed by atoms with Crippen LogP contribution in [0.2, 0.25) is 0 Å². The van der Waals surface area contributed by atoms with Gasteiger partial charge in [0.25, 0.3) is 0 Å². The minimum Gasteiger partial charge on any atom is -0.493 e. The van der Waals surface area contributed by atoms with E-state index in [1.165, 1.54) is 37.7 Å². The molecule has 0 atom stereocenters. The zero-order valence-corrected chi connectivity index (χ0v) is 23.7. The first-order chi connectivity index (χ1) is 20.1. The van der Waals surface area contributed by atoms with E-state index in [1.54, 1.807) is 23.5 Å². The number of nitrogens with zero attached hydrogens (tertiary/aromatic N) is 3. The number of carbonyl (C=O) groups is 1. The highest BCUT2D eigenvalue weighted by molar-refractivity contribution is 7.14. The fourth-order valence-electron chi connectivity index (χ4n) is 5.41. The third-order valence-corrected chi connectivity index (χ3v) is 8.52. The van der Waals surface area contributed by atoms with Crippen molar-refractivity contribution in [2.75, 3.05) is 18.1 Å². The van der Waals surface area contributed by atoms with Gasteiger partial charge < -0.3 is 19.2 Å². The van der Waals surface area contributed by atoms with Crippen LogP contribution < -0.4 is 9.64 Å². The maximum absolute atomic E-state index is 11.3. The van der Waals surface area contributed by atoms with Crippen molar-refractivity contribution >= 4 is 33.5 Å². The summed E-state index contributed by atoms with van der Waals surface area (Å²) in [5.74, 6) is 0.957. The summed E-state index contributed by atoms with van der Waals surface area (Å²) >= 11 is 1.59. The Labute approximate surface area is 243 Å². The van der Waals surface area contributed by atoms with E-state index in [-0.39, 0.29) is 0 Å². The number of hydrogen-bond donors (Lipinski definition) is 1. The van der Waals surface area contributed by atoms with E-state index < -0.39 is 5.97 Å². The molecule has 0 saturated heterocycles. The van der Waals surface area contributed by atoms with Gasteiger partial charge in [-0.1, -0.05) is 61.7 Å². The van der Waals surface area contributed by atoms with E-state index in [4.69, 9.17) is 19.1 Å². The molecule has 0 aliphatic heterocycles. The maximum Gasteiger partial charge on any atom is 0.335 e. The second-order valence-corrected chi connectivity index (χ2v) is 11.5. The SMILES string of the molecule is O=C(O)c1ccc(CN(CC2CCCCC2)c2nc(-c3nc4ccc(OCCc5ccccc5)cc4o3)cs2)cc1. The molecule has 2 heterocycles. The summed E-state index contributed by atoms with van der Waals surface area (Å²) in [5, 5.41) is 12.2. The Balaban J connectivity index is 1.18. The van der Waals surface area contributed by atoms with Crippen molar-refractivity contribution in [3.8, 4) is 17.3 Å². The number of hydrogen-bond acceptors (Lipinski definition) is 7. The molecule has 41 heavy (non-hydrogen) atoms. The van der Waals surface area contributed by atoms with Gasteiger partial charge in [0.15, 0.2) is 10.7 Å². The Morgan fingerprint density at radius 2 is 1.78 bits per heavy atom. The van der Waals surface area contributed by atoms with Crippen molar-refractivity contribution in [2.45, 2.75) is 45.1 Å². The Bertz CT molecular complexity index is 1590. The van der Waals surface area contributed by atoms with Gasteiger partial charge in [-0.05, 0) is 54.2 Å². The number of anilines is 1. The van der Waals surface area contributed by atoms with Gasteiger partial charge in [0.2, 0.25) is 5.89 Å². The first-order valence-electron chi connectivity index (χ1n) is 14.2. The Morgan fingerprint density at radius 3 is 2.56 bits per heavy atom. The molecule has 1 saturated carbocycles. The molecule has 3 aromatic carbocycles. The van der Waals surface area contributed by atoms with E-state index >= 15 is 0 Å². The highest BCUT2D eigenvalue weighted by Gasteiger charge is 2.22. The van der Waals surface area contributed by atoms with Gasteiger partial charge in [0.1, 0.15) is 17.0 Å². The number of aromatic carboxylic acids is 1. The molecule has 0 amide bonds. The summed E-state index contributed by atoms with van der Waals surface area (Å²) in [6, 6.07) is 23.1. The lowest BCUT2D eigenvalue weighted by atomic mass is 9.89. The molecule has 210 valence electrons. The van der Waals surface area contributed by atoms with Gasteiger partial charge in [-0.15, -0.1) is 11.3 Å². The number of rotatable bonds is 11. The van der Waals surface area contributed by atoms with Gasteiger partial charge >= 0.3 is 5.97 Å². The van der Waals surface area contributed by atoms with E-state index in [0.717, 1.165) is 34.9 Å². The van der Waals surface area contributed by atoms with Crippen molar-refractivity contribution in [2.24, 2.45) is 5.92 Å². The molecule has 1 aliphatic carbocycles. The van der Waals surface area contributed by atoms with Crippen molar-refractivity contribution in [3.05, 3.63) is 94.9 Å². The van der Waals surface area contributed by atoms with Crippen LogP contribution in [0.1, 0.15) is 53.6 Å². The first-order valence-corrected chi connectivity index (χ1v) is 15.1. The predicted octanol–water partition coefficient (Wildman–Crippen LogP) is 7.86. The molecule has 1 N–H and O–H groups in total. The van der Waals surface area contributed by atoms with Crippen molar-refractivity contribution in [3.63, 3.8) is 0 Å². The molecule has 6 rings (SSSR count). The molecular formula is C33H33N3O4S. The quantitative estimate of drug-likeness (QED) is 0.174. The maximum atomic E-state index is 11.3. The average Bonchev–Trinajstić information content (AvgIpc) is 3.66. The molecule has 0 unspecified atom stereocenters. The van der Waals surface area contributed by atoms with E-state index in [0.29, 0.717) is 41.8 Å². The number of benzene rings is 3. The van der Waals surface area contributed by atoms with Crippen LogP contribution in [0.3, 0.4) is 0 Å². The normalized spacial score (nSPS) is 13.9. The minimum absolute atomic E-state index is 0.296. The average molecular weight is 568 g/mol. The zero-order chi connectivity index (χ0) is 28.0. The Morgan fingerprint density at radius 1 is 0.976 bits per heavy atom. The smallest absolute Gasteiger partial charge is 0.335 e. The van der Waals surface area contributed by atoms with Gasteiger partial charge in [0, 0.05) is 31.0 Å². The van der Waals surface area contributed by atoms with Crippen LogP contribution >= 0.6 is 11.3 Å². The molecular weight excluding hydrogens is 534 g/mol.